The first-order valence-electron chi connectivity index (χ1n) is 8.60. The van der Waals surface area contributed by atoms with Gasteiger partial charge in [0, 0.05) is 22.3 Å². The number of benzene rings is 3. The second-order valence-corrected chi connectivity index (χ2v) is 7.06. The van der Waals surface area contributed by atoms with E-state index in [2.05, 4.69) is 21.2 Å². The van der Waals surface area contributed by atoms with E-state index < -0.39 is 5.97 Å². The van der Waals surface area contributed by atoms with Crippen LogP contribution < -0.4 is 10.1 Å². The maximum absolute atomic E-state index is 10.8. The largest absolute Gasteiger partial charge is 0.489 e. The Hall–Kier alpha value is -2.79. The van der Waals surface area contributed by atoms with Gasteiger partial charge in [-0.2, -0.15) is 0 Å². The molecule has 4 nitrogen and oxygen atoms in total. The first-order chi connectivity index (χ1) is 13.1. The summed E-state index contributed by atoms with van der Waals surface area (Å²) < 4.78 is 6.99. The fourth-order valence-electron chi connectivity index (χ4n) is 2.67. The molecule has 0 aromatic heterocycles. The summed E-state index contributed by atoms with van der Waals surface area (Å²) in [6, 6.07) is 23.4. The van der Waals surface area contributed by atoms with E-state index in [1.54, 1.807) is 0 Å². The smallest absolute Gasteiger partial charge is 0.307 e. The van der Waals surface area contributed by atoms with Gasteiger partial charge in [0.25, 0.3) is 0 Å². The van der Waals surface area contributed by atoms with E-state index in [0.717, 1.165) is 32.6 Å². The minimum Gasteiger partial charge on any atom is -0.489 e. The van der Waals surface area contributed by atoms with Crippen molar-refractivity contribution in [2.24, 2.45) is 0 Å². The first-order valence-corrected chi connectivity index (χ1v) is 9.39. The first kappa shape index (κ1) is 19.0. The van der Waals surface area contributed by atoms with Gasteiger partial charge in [-0.05, 0) is 41.5 Å². The van der Waals surface area contributed by atoms with Crippen molar-refractivity contribution in [2.45, 2.75) is 19.6 Å². The molecule has 0 aliphatic carbocycles. The average molecular weight is 426 g/mol. The zero-order valence-electron chi connectivity index (χ0n) is 14.7. The predicted molar refractivity (Wildman–Crippen MR) is 110 cm³/mol. The highest BCUT2D eigenvalue weighted by Crippen LogP contribution is 2.25. The fourth-order valence-corrected chi connectivity index (χ4v) is 3.08. The van der Waals surface area contributed by atoms with Crippen LogP contribution in [0.25, 0.3) is 0 Å². The molecule has 3 aromatic rings. The Morgan fingerprint density at radius 3 is 2.41 bits per heavy atom. The molecule has 0 aliphatic heterocycles. The number of aliphatic carboxylic acids is 1. The number of anilines is 1. The Morgan fingerprint density at radius 1 is 0.963 bits per heavy atom. The van der Waals surface area contributed by atoms with E-state index in [1.165, 1.54) is 0 Å². The molecule has 0 heterocycles. The molecule has 5 heteroatoms. The van der Waals surface area contributed by atoms with Gasteiger partial charge in [-0.25, -0.2) is 0 Å². The maximum Gasteiger partial charge on any atom is 0.307 e. The zero-order valence-corrected chi connectivity index (χ0v) is 16.3. The zero-order chi connectivity index (χ0) is 19.1. The third-order valence-corrected chi connectivity index (χ3v) is 4.55. The maximum atomic E-state index is 10.8. The second-order valence-electron chi connectivity index (χ2n) is 6.15. The Kier molecular flexibility index (Phi) is 6.49. The van der Waals surface area contributed by atoms with E-state index in [1.807, 2.05) is 72.8 Å². The summed E-state index contributed by atoms with van der Waals surface area (Å²) >= 11 is 3.51. The highest BCUT2D eigenvalue weighted by Gasteiger charge is 2.06. The van der Waals surface area contributed by atoms with Gasteiger partial charge in [0.2, 0.25) is 0 Å². The minimum atomic E-state index is -0.829. The molecule has 0 saturated heterocycles. The van der Waals surface area contributed by atoms with E-state index in [0.29, 0.717) is 13.2 Å². The molecular weight excluding hydrogens is 406 g/mol. The van der Waals surface area contributed by atoms with Gasteiger partial charge in [-0.3, -0.25) is 4.79 Å². The van der Waals surface area contributed by atoms with Crippen molar-refractivity contribution in [3.63, 3.8) is 0 Å². The third-order valence-electron chi connectivity index (χ3n) is 4.05. The molecule has 0 unspecified atom stereocenters. The summed E-state index contributed by atoms with van der Waals surface area (Å²) in [4.78, 5) is 10.8. The van der Waals surface area contributed by atoms with E-state index in [4.69, 9.17) is 9.84 Å². The summed E-state index contributed by atoms with van der Waals surface area (Å²) in [6.07, 6.45) is 0.0311. The molecule has 0 bridgehead atoms. The van der Waals surface area contributed by atoms with Gasteiger partial charge in [0.1, 0.15) is 12.4 Å². The summed E-state index contributed by atoms with van der Waals surface area (Å²) in [5, 5.41) is 12.2. The number of hydrogen-bond acceptors (Lipinski definition) is 3. The molecule has 0 saturated carbocycles. The number of carboxylic acid groups (broad SMARTS) is 1. The molecular formula is C22H20BrNO3. The number of halogens is 1. The van der Waals surface area contributed by atoms with Crippen LogP contribution in [0.3, 0.4) is 0 Å². The summed E-state index contributed by atoms with van der Waals surface area (Å²) in [7, 11) is 0. The van der Waals surface area contributed by atoms with Crippen LogP contribution in [0.1, 0.15) is 16.7 Å². The molecule has 0 amide bonds. The Morgan fingerprint density at radius 2 is 1.70 bits per heavy atom. The lowest BCUT2D eigenvalue weighted by molar-refractivity contribution is -0.136. The number of ether oxygens (including phenoxy) is 1. The molecule has 0 fully saturated rings. The van der Waals surface area contributed by atoms with E-state index in [-0.39, 0.29) is 6.42 Å². The van der Waals surface area contributed by atoms with Crippen LogP contribution in [0.4, 0.5) is 5.69 Å². The molecule has 0 atom stereocenters. The normalized spacial score (nSPS) is 10.4. The van der Waals surface area contributed by atoms with Crippen molar-refractivity contribution < 1.29 is 14.6 Å². The van der Waals surface area contributed by atoms with Crippen LogP contribution in [0.2, 0.25) is 0 Å². The molecule has 3 aromatic carbocycles. The molecule has 0 spiro atoms. The van der Waals surface area contributed by atoms with Crippen LogP contribution in [0.5, 0.6) is 5.75 Å². The van der Waals surface area contributed by atoms with Crippen LogP contribution in [-0.2, 0) is 24.4 Å². The number of hydrogen-bond donors (Lipinski definition) is 2. The quantitative estimate of drug-likeness (QED) is 0.516. The minimum absolute atomic E-state index is 0.0311. The predicted octanol–water partition coefficient (Wildman–Crippen LogP) is 5.27. The van der Waals surface area contributed by atoms with E-state index in [9.17, 15) is 4.79 Å². The fraction of sp³-hybridized carbons (Fsp3) is 0.136. The second kappa shape index (κ2) is 9.24. The van der Waals surface area contributed by atoms with Gasteiger partial charge in [-0.15, -0.1) is 0 Å². The number of carbonyl (C=O) groups is 1. The topological polar surface area (TPSA) is 58.6 Å². The molecule has 0 radical (unpaired) electrons. The Bertz CT molecular complexity index is 895. The lowest BCUT2D eigenvalue weighted by Gasteiger charge is -2.14. The van der Waals surface area contributed by atoms with Crippen LogP contribution >= 0.6 is 15.9 Å². The van der Waals surface area contributed by atoms with Crippen molar-refractivity contribution in [3.8, 4) is 5.75 Å². The van der Waals surface area contributed by atoms with Crippen LogP contribution in [0.15, 0.2) is 77.3 Å². The van der Waals surface area contributed by atoms with Crippen molar-refractivity contribution in [1.82, 2.24) is 0 Å². The Balaban J connectivity index is 1.65. The summed E-state index contributed by atoms with van der Waals surface area (Å²) in [6.45, 7) is 1.11. The van der Waals surface area contributed by atoms with Crippen molar-refractivity contribution in [3.05, 3.63) is 94.0 Å². The van der Waals surface area contributed by atoms with Gasteiger partial charge in [-0.1, -0.05) is 58.4 Å². The van der Waals surface area contributed by atoms with Gasteiger partial charge in [0.15, 0.2) is 0 Å². The van der Waals surface area contributed by atoms with Crippen molar-refractivity contribution >= 4 is 27.6 Å². The molecule has 27 heavy (non-hydrogen) atoms. The molecule has 3 rings (SSSR count). The Labute approximate surface area is 166 Å². The van der Waals surface area contributed by atoms with Gasteiger partial charge < -0.3 is 15.2 Å². The average Bonchev–Trinajstić information content (AvgIpc) is 2.67. The van der Waals surface area contributed by atoms with Gasteiger partial charge >= 0.3 is 5.97 Å². The molecule has 2 N–H and O–H groups in total. The summed E-state index contributed by atoms with van der Waals surface area (Å²) in [5.41, 5.74) is 3.86. The van der Waals surface area contributed by atoms with Crippen molar-refractivity contribution in [2.75, 3.05) is 5.32 Å². The number of carboxylic acids is 1. The van der Waals surface area contributed by atoms with E-state index >= 15 is 0 Å². The molecule has 0 aliphatic rings. The highest BCUT2D eigenvalue weighted by atomic mass is 79.9. The standard InChI is InChI=1S/C22H20BrNO3/c23-19-8-11-21(27-15-17-4-2-1-3-5-17)18(13-19)14-24-20-9-6-16(7-10-20)12-22(25)26/h1-11,13,24H,12,14-15H2,(H,25,26). The van der Waals surface area contributed by atoms with Crippen molar-refractivity contribution in [1.29, 1.82) is 0 Å². The third kappa shape index (κ3) is 5.86. The lowest BCUT2D eigenvalue weighted by Crippen LogP contribution is -2.04. The monoisotopic (exact) mass is 425 g/mol. The van der Waals surface area contributed by atoms with Crippen LogP contribution in [-0.4, -0.2) is 11.1 Å². The molecule has 138 valence electrons. The highest BCUT2D eigenvalue weighted by molar-refractivity contribution is 9.10. The number of nitrogens with one attached hydrogen (secondary N) is 1. The van der Waals surface area contributed by atoms with Crippen LogP contribution in [0, 0.1) is 0 Å². The number of rotatable bonds is 8. The summed E-state index contributed by atoms with van der Waals surface area (Å²) in [5.74, 6) is 0.00195. The lowest BCUT2D eigenvalue weighted by atomic mass is 10.1. The SMILES string of the molecule is O=C(O)Cc1ccc(NCc2cc(Br)ccc2OCc2ccccc2)cc1. The van der Waals surface area contributed by atoms with Gasteiger partial charge in [0.05, 0.1) is 6.42 Å².